The number of anilines is 2. The van der Waals surface area contributed by atoms with Gasteiger partial charge in [-0.3, -0.25) is 5.32 Å². The molecule has 0 aliphatic heterocycles. The number of carbonyl (C=O) groups excluding carboxylic acids is 1. The van der Waals surface area contributed by atoms with Crippen molar-refractivity contribution in [3.05, 3.63) is 76.8 Å². The Hall–Kier alpha value is -2.74. The first kappa shape index (κ1) is 18.1. The molecule has 0 saturated carbocycles. The first-order valence-electron chi connectivity index (χ1n) is 8.17. The molecule has 0 bridgehead atoms. The van der Waals surface area contributed by atoms with Crippen LogP contribution >= 0.6 is 11.3 Å². The van der Waals surface area contributed by atoms with Crippen LogP contribution in [0.3, 0.4) is 0 Å². The summed E-state index contributed by atoms with van der Waals surface area (Å²) in [7, 11) is 0. The fourth-order valence-electron chi connectivity index (χ4n) is 2.47. The summed E-state index contributed by atoms with van der Waals surface area (Å²) in [6, 6.07) is 16.8. The van der Waals surface area contributed by atoms with Gasteiger partial charge in [0, 0.05) is 11.1 Å². The molecule has 0 spiro atoms. The third-order valence-corrected chi connectivity index (χ3v) is 4.60. The summed E-state index contributed by atoms with van der Waals surface area (Å²) in [4.78, 5) is 16.5. The number of aromatic nitrogens is 1. The summed E-state index contributed by atoms with van der Waals surface area (Å²) in [5, 5.41) is 16.8. The van der Waals surface area contributed by atoms with Gasteiger partial charge in [-0.1, -0.05) is 48.5 Å². The normalized spacial score (nSPS) is 11.8. The number of rotatable bonds is 6. The highest BCUT2D eigenvalue weighted by atomic mass is 32.1. The van der Waals surface area contributed by atoms with E-state index >= 15 is 0 Å². The molecule has 0 fully saturated rings. The highest BCUT2D eigenvalue weighted by molar-refractivity contribution is 7.13. The fraction of sp³-hybridized carbons (Fsp3) is 0.158. The second kappa shape index (κ2) is 8.57. The van der Waals surface area contributed by atoms with Gasteiger partial charge >= 0.3 is 6.03 Å². The number of aliphatic hydroxyl groups excluding tert-OH is 1. The lowest BCUT2D eigenvalue weighted by Crippen LogP contribution is -2.20. The minimum atomic E-state index is -0.545. The van der Waals surface area contributed by atoms with Gasteiger partial charge in [0.05, 0.1) is 18.3 Å². The van der Waals surface area contributed by atoms with Gasteiger partial charge in [-0.25, -0.2) is 9.78 Å². The SMILES string of the molecule is NC(CO)c1csc(NC(=O)Nc2ccccc2Cc2ccccc2)n1. The maximum Gasteiger partial charge on any atom is 0.325 e. The van der Waals surface area contributed by atoms with E-state index in [0.717, 1.165) is 17.7 Å². The van der Waals surface area contributed by atoms with Crippen LogP contribution in [0.1, 0.15) is 22.9 Å². The van der Waals surface area contributed by atoms with Crippen molar-refractivity contribution in [2.45, 2.75) is 12.5 Å². The van der Waals surface area contributed by atoms with Gasteiger partial charge in [0.25, 0.3) is 0 Å². The van der Waals surface area contributed by atoms with Crippen LogP contribution < -0.4 is 16.4 Å². The number of nitrogens with one attached hydrogen (secondary N) is 2. The number of thiazole rings is 1. The first-order chi connectivity index (χ1) is 12.7. The molecule has 0 aliphatic carbocycles. The number of carbonyl (C=O) groups is 1. The lowest BCUT2D eigenvalue weighted by molar-refractivity contribution is 0.262. The largest absolute Gasteiger partial charge is 0.394 e. The zero-order chi connectivity index (χ0) is 18.4. The van der Waals surface area contributed by atoms with E-state index < -0.39 is 6.04 Å². The predicted octanol–water partition coefficient (Wildman–Crippen LogP) is 3.37. The molecular weight excluding hydrogens is 348 g/mol. The average molecular weight is 368 g/mol. The van der Waals surface area contributed by atoms with Crippen molar-refractivity contribution in [2.24, 2.45) is 5.73 Å². The molecule has 1 atom stereocenters. The lowest BCUT2D eigenvalue weighted by atomic mass is 10.0. The van der Waals surface area contributed by atoms with Crippen molar-refractivity contribution in [2.75, 3.05) is 17.2 Å². The Labute approximate surface area is 155 Å². The molecule has 0 aliphatic rings. The van der Waals surface area contributed by atoms with Gasteiger partial charge < -0.3 is 16.2 Å². The van der Waals surface area contributed by atoms with Crippen molar-refractivity contribution in [3.8, 4) is 0 Å². The highest BCUT2D eigenvalue weighted by Crippen LogP contribution is 2.21. The molecule has 3 aromatic rings. The summed E-state index contributed by atoms with van der Waals surface area (Å²) in [6.07, 6.45) is 0.726. The third kappa shape index (κ3) is 4.66. The number of para-hydroxylation sites is 1. The van der Waals surface area contributed by atoms with E-state index in [1.54, 1.807) is 5.38 Å². The summed E-state index contributed by atoms with van der Waals surface area (Å²) < 4.78 is 0. The average Bonchev–Trinajstić information content (AvgIpc) is 3.12. The Morgan fingerprint density at radius 3 is 2.62 bits per heavy atom. The van der Waals surface area contributed by atoms with Gasteiger partial charge in [0.2, 0.25) is 0 Å². The van der Waals surface area contributed by atoms with E-state index in [0.29, 0.717) is 10.8 Å². The highest BCUT2D eigenvalue weighted by Gasteiger charge is 2.12. The number of hydrogen-bond donors (Lipinski definition) is 4. The molecule has 2 aromatic carbocycles. The maximum absolute atomic E-state index is 12.3. The Morgan fingerprint density at radius 1 is 1.12 bits per heavy atom. The van der Waals surface area contributed by atoms with E-state index in [4.69, 9.17) is 10.8 Å². The summed E-state index contributed by atoms with van der Waals surface area (Å²) in [5.41, 5.74) is 9.22. The molecule has 1 heterocycles. The zero-order valence-electron chi connectivity index (χ0n) is 14.1. The number of benzene rings is 2. The van der Waals surface area contributed by atoms with Crippen molar-refractivity contribution in [1.82, 2.24) is 4.98 Å². The van der Waals surface area contributed by atoms with Crippen molar-refractivity contribution < 1.29 is 9.90 Å². The van der Waals surface area contributed by atoms with E-state index in [-0.39, 0.29) is 12.6 Å². The summed E-state index contributed by atoms with van der Waals surface area (Å²) in [5.74, 6) is 0. The van der Waals surface area contributed by atoms with Gasteiger partial charge in [-0.15, -0.1) is 11.3 Å². The Bertz CT molecular complexity index is 867. The van der Waals surface area contributed by atoms with E-state index in [2.05, 4.69) is 27.8 Å². The molecule has 5 N–H and O–H groups in total. The van der Waals surface area contributed by atoms with E-state index in [9.17, 15) is 4.79 Å². The summed E-state index contributed by atoms with van der Waals surface area (Å²) in [6.45, 7) is -0.192. The van der Waals surface area contributed by atoms with Crippen LogP contribution in [0.5, 0.6) is 0 Å². The Kier molecular flexibility index (Phi) is 5.96. The van der Waals surface area contributed by atoms with Crippen LogP contribution in [0.25, 0.3) is 0 Å². The van der Waals surface area contributed by atoms with Crippen LogP contribution in [-0.4, -0.2) is 22.7 Å². The molecule has 2 amide bonds. The molecule has 1 aromatic heterocycles. The molecule has 6 nitrogen and oxygen atoms in total. The third-order valence-electron chi connectivity index (χ3n) is 3.82. The van der Waals surface area contributed by atoms with Crippen molar-refractivity contribution in [1.29, 1.82) is 0 Å². The van der Waals surface area contributed by atoms with Crippen molar-refractivity contribution in [3.63, 3.8) is 0 Å². The molecular formula is C19H20N4O2S. The minimum Gasteiger partial charge on any atom is -0.394 e. The molecule has 1 unspecified atom stereocenters. The number of nitrogens with zero attached hydrogens (tertiary/aromatic N) is 1. The predicted molar refractivity (Wildman–Crippen MR) is 104 cm³/mol. The smallest absolute Gasteiger partial charge is 0.325 e. The Morgan fingerprint density at radius 2 is 1.85 bits per heavy atom. The monoisotopic (exact) mass is 368 g/mol. The van der Waals surface area contributed by atoms with Gasteiger partial charge in [0.1, 0.15) is 0 Å². The topological polar surface area (TPSA) is 100 Å². The molecule has 7 heteroatoms. The van der Waals surface area contributed by atoms with Crippen molar-refractivity contribution >= 4 is 28.2 Å². The summed E-state index contributed by atoms with van der Waals surface area (Å²) >= 11 is 1.26. The second-order valence-electron chi connectivity index (χ2n) is 5.77. The second-order valence-corrected chi connectivity index (χ2v) is 6.62. The maximum atomic E-state index is 12.3. The molecule has 26 heavy (non-hydrogen) atoms. The van der Waals surface area contributed by atoms with Crippen LogP contribution in [0.2, 0.25) is 0 Å². The van der Waals surface area contributed by atoms with Crippen LogP contribution in [0, 0.1) is 0 Å². The fourth-order valence-corrected chi connectivity index (χ4v) is 3.24. The lowest BCUT2D eigenvalue weighted by Gasteiger charge is -2.11. The number of urea groups is 1. The number of hydrogen-bond acceptors (Lipinski definition) is 5. The van der Waals surface area contributed by atoms with E-state index in [1.807, 2.05) is 42.5 Å². The quantitative estimate of drug-likeness (QED) is 0.536. The standard InChI is InChI=1S/C19H20N4O2S/c20-15(11-24)17-12-26-19(22-17)23-18(25)21-16-9-5-4-8-14(16)10-13-6-2-1-3-7-13/h1-9,12,15,24H,10-11,20H2,(H2,21,22,23,25). The van der Waals surface area contributed by atoms with Crippen LogP contribution in [0.15, 0.2) is 60.0 Å². The first-order valence-corrected chi connectivity index (χ1v) is 9.05. The van der Waals surface area contributed by atoms with E-state index in [1.165, 1.54) is 16.9 Å². The number of aliphatic hydroxyl groups is 1. The molecule has 0 radical (unpaired) electrons. The number of amides is 2. The Balaban J connectivity index is 1.67. The zero-order valence-corrected chi connectivity index (χ0v) is 14.9. The van der Waals surface area contributed by atoms with Crippen LogP contribution in [-0.2, 0) is 6.42 Å². The molecule has 134 valence electrons. The minimum absolute atomic E-state index is 0.192. The van der Waals surface area contributed by atoms with Gasteiger partial charge in [0.15, 0.2) is 5.13 Å². The molecule has 0 saturated heterocycles. The van der Waals surface area contributed by atoms with Gasteiger partial charge in [-0.05, 0) is 23.6 Å². The number of nitrogens with two attached hydrogens (primary N) is 1. The van der Waals surface area contributed by atoms with Crippen LogP contribution in [0.4, 0.5) is 15.6 Å². The molecule has 3 rings (SSSR count). The van der Waals surface area contributed by atoms with Gasteiger partial charge in [-0.2, -0.15) is 0 Å².